The molecule has 0 aliphatic heterocycles. The van der Waals surface area contributed by atoms with Crippen molar-refractivity contribution in [2.45, 2.75) is 20.4 Å². The number of aliphatic imine (C=N–C) groups is 1. The van der Waals surface area contributed by atoms with Crippen molar-refractivity contribution in [1.82, 2.24) is 15.2 Å². The van der Waals surface area contributed by atoms with E-state index in [4.69, 9.17) is 4.74 Å². The first-order valence-electron chi connectivity index (χ1n) is 7.72. The van der Waals surface area contributed by atoms with Crippen LogP contribution in [0.25, 0.3) is 0 Å². The number of halogens is 2. The number of nitrogens with one attached hydrogen (secondary N) is 1. The van der Waals surface area contributed by atoms with Crippen molar-refractivity contribution < 1.29 is 9.13 Å². The lowest BCUT2D eigenvalue weighted by Crippen LogP contribution is -2.40. The number of aromatic nitrogens is 1. The number of guanidine groups is 1. The van der Waals surface area contributed by atoms with Gasteiger partial charge in [-0.25, -0.2) is 9.37 Å². The van der Waals surface area contributed by atoms with Crippen LogP contribution in [0.4, 0.5) is 4.39 Å². The molecule has 1 N–H and O–H groups in total. The lowest BCUT2D eigenvalue weighted by molar-refractivity contribution is 0.281. The average Bonchev–Trinajstić information content (AvgIpc) is 2.87. The largest absolute Gasteiger partial charge is 0.492 e. The Hall–Kier alpha value is -1.42. The molecule has 0 spiro atoms. The molecule has 0 amide bonds. The Morgan fingerprint density at radius 2 is 2.00 bits per heavy atom. The number of aryl methyl sites for hydroxylation is 2. The van der Waals surface area contributed by atoms with Crippen LogP contribution in [0, 0.1) is 19.7 Å². The fourth-order valence-corrected chi connectivity index (χ4v) is 3.10. The van der Waals surface area contributed by atoms with Gasteiger partial charge in [-0.3, -0.25) is 4.99 Å². The molecule has 1 aromatic heterocycles. The predicted molar refractivity (Wildman–Crippen MR) is 112 cm³/mol. The predicted octanol–water partition coefficient (Wildman–Crippen LogP) is 3.60. The van der Waals surface area contributed by atoms with E-state index in [1.165, 1.54) is 17.0 Å². The smallest absolute Gasteiger partial charge is 0.193 e. The van der Waals surface area contributed by atoms with Gasteiger partial charge >= 0.3 is 0 Å². The highest BCUT2D eigenvalue weighted by atomic mass is 127. The van der Waals surface area contributed by atoms with E-state index < -0.39 is 0 Å². The van der Waals surface area contributed by atoms with Crippen LogP contribution in [0.15, 0.2) is 29.3 Å². The first kappa shape index (κ1) is 21.6. The Morgan fingerprint density at radius 1 is 1.32 bits per heavy atom. The number of ether oxygens (including phenoxy) is 1. The Labute approximate surface area is 169 Å². The van der Waals surface area contributed by atoms with Gasteiger partial charge in [-0.05, 0) is 38.1 Å². The molecule has 0 aliphatic carbocycles. The zero-order chi connectivity index (χ0) is 17.5. The molecule has 5 nitrogen and oxygen atoms in total. The summed E-state index contributed by atoms with van der Waals surface area (Å²) in [5, 5.41) is 4.41. The Morgan fingerprint density at radius 3 is 2.56 bits per heavy atom. The summed E-state index contributed by atoms with van der Waals surface area (Å²) in [6.07, 6.45) is 0. The van der Waals surface area contributed by atoms with Crippen LogP contribution in [0.1, 0.15) is 15.6 Å². The molecular formula is C17H24FIN4OS. The summed E-state index contributed by atoms with van der Waals surface area (Å²) >= 11 is 1.69. The van der Waals surface area contributed by atoms with E-state index in [-0.39, 0.29) is 29.8 Å². The third-order valence-electron chi connectivity index (χ3n) is 3.49. The van der Waals surface area contributed by atoms with Crippen molar-refractivity contribution in [2.24, 2.45) is 4.99 Å². The average molecular weight is 478 g/mol. The van der Waals surface area contributed by atoms with Gasteiger partial charge in [0.25, 0.3) is 0 Å². The fraction of sp³-hybridized carbons (Fsp3) is 0.412. The summed E-state index contributed by atoms with van der Waals surface area (Å²) < 4.78 is 18.5. The summed E-state index contributed by atoms with van der Waals surface area (Å²) in [6.45, 7) is 5.88. The highest BCUT2D eigenvalue weighted by Crippen LogP contribution is 2.16. The molecule has 0 atom stereocenters. The number of rotatable bonds is 6. The van der Waals surface area contributed by atoms with Crippen molar-refractivity contribution in [3.05, 3.63) is 45.7 Å². The first-order chi connectivity index (χ1) is 11.5. The molecule has 25 heavy (non-hydrogen) atoms. The number of likely N-dealkylation sites (N-methyl/N-ethyl adjacent to an activating group) is 1. The van der Waals surface area contributed by atoms with Gasteiger partial charge in [0.2, 0.25) is 0 Å². The molecule has 8 heteroatoms. The van der Waals surface area contributed by atoms with Gasteiger partial charge in [-0.1, -0.05) is 0 Å². The van der Waals surface area contributed by atoms with Crippen molar-refractivity contribution in [1.29, 1.82) is 0 Å². The van der Waals surface area contributed by atoms with Crippen LogP contribution in [-0.2, 0) is 6.54 Å². The van der Waals surface area contributed by atoms with Crippen LogP contribution in [0.5, 0.6) is 5.75 Å². The summed E-state index contributed by atoms with van der Waals surface area (Å²) in [4.78, 5) is 11.9. The molecule has 0 fully saturated rings. The molecule has 0 saturated carbocycles. The van der Waals surface area contributed by atoms with E-state index in [0.29, 0.717) is 25.4 Å². The van der Waals surface area contributed by atoms with Crippen LogP contribution in [-0.4, -0.2) is 43.1 Å². The second-order valence-electron chi connectivity index (χ2n) is 5.37. The molecule has 138 valence electrons. The van der Waals surface area contributed by atoms with E-state index in [9.17, 15) is 4.39 Å². The monoisotopic (exact) mass is 478 g/mol. The van der Waals surface area contributed by atoms with Crippen molar-refractivity contribution >= 4 is 41.3 Å². The SMILES string of the molecule is CN=C(NCc1sc(C)nc1C)N(C)CCOc1ccc(F)cc1.I. The number of hydrogen-bond acceptors (Lipinski definition) is 4. The highest BCUT2D eigenvalue weighted by molar-refractivity contribution is 14.0. The number of nitrogens with zero attached hydrogens (tertiary/aromatic N) is 3. The molecule has 0 bridgehead atoms. The van der Waals surface area contributed by atoms with Gasteiger partial charge < -0.3 is 15.0 Å². The third-order valence-corrected chi connectivity index (χ3v) is 4.56. The van der Waals surface area contributed by atoms with Gasteiger partial charge in [0.15, 0.2) is 5.96 Å². The molecule has 0 unspecified atom stereocenters. The highest BCUT2D eigenvalue weighted by Gasteiger charge is 2.09. The molecule has 0 radical (unpaired) electrons. The van der Waals surface area contributed by atoms with E-state index in [0.717, 1.165) is 16.7 Å². The van der Waals surface area contributed by atoms with Gasteiger partial charge in [0.1, 0.15) is 18.2 Å². The van der Waals surface area contributed by atoms with Gasteiger partial charge in [0, 0.05) is 19.0 Å². The van der Waals surface area contributed by atoms with Crippen molar-refractivity contribution in [2.75, 3.05) is 27.2 Å². The lowest BCUT2D eigenvalue weighted by Gasteiger charge is -2.22. The summed E-state index contributed by atoms with van der Waals surface area (Å²) in [5.74, 6) is 1.18. The number of benzene rings is 1. The first-order valence-corrected chi connectivity index (χ1v) is 8.54. The quantitative estimate of drug-likeness (QED) is 0.392. The zero-order valence-corrected chi connectivity index (χ0v) is 18.0. The molecule has 2 rings (SSSR count). The minimum Gasteiger partial charge on any atom is -0.492 e. The maximum absolute atomic E-state index is 12.9. The second kappa shape index (κ2) is 10.5. The van der Waals surface area contributed by atoms with Gasteiger partial charge in [-0.2, -0.15) is 0 Å². The molecule has 0 aliphatic rings. The molecule has 1 heterocycles. The summed E-state index contributed by atoms with van der Waals surface area (Å²) in [7, 11) is 3.71. The minimum absolute atomic E-state index is 0. The normalized spacial score (nSPS) is 11.0. The summed E-state index contributed by atoms with van der Waals surface area (Å²) in [5.41, 5.74) is 1.06. The van der Waals surface area contributed by atoms with Gasteiger partial charge in [-0.15, -0.1) is 35.3 Å². The second-order valence-corrected chi connectivity index (χ2v) is 6.65. The van der Waals surface area contributed by atoms with Crippen LogP contribution >= 0.6 is 35.3 Å². The Balaban J connectivity index is 0.00000312. The summed E-state index contributed by atoms with van der Waals surface area (Å²) in [6, 6.07) is 6.02. The van der Waals surface area contributed by atoms with Crippen LogP contribution < -0.4 is 10.1 Å². The van der Waals surface area contributed by atoms with Crippen molar-refractivity contribution in [3.8, 4) is 5.75 Å². The van der Waals surface area contributed by atoms with Crippen LogP contribution in [0.2, 0.25) is 0 Å². The maximum Gasteiger partial charge on any atom is 0.193 e. The topological polar surface area (TPSA) is 49.8 Å². The van der Waals surface area contributed by atoms with Crippen LogP contribution in [0.3, 0.4) is 0 Å². The molecule has 1 aromatic carbocycles. The van der Waals surface area contributed by atoms with E-state index in [1.54, 1.807) is 30.5 Å². The van der Waals surface area contributed by atoms with Gasteiger partial charge in [0.05, 0.1) is 23.8 Å². The fourth-order valence-electron chi connectivity index (χ4n) is 2.22. The molecule has 0 saturated heterocycles. The zero-order valence-electron chi connectivity index (χ0n) is 14.9. The lowest BCUT2D eigenvalue weighted by atomic mass is 10.3. The minimum atomic E-state index is -0.266. The van der Waals surface area contributed by atoms with E-state index in [2.05, 4.69) is 15.3 Å². The Kier molecular flexibility index (Phi) is 9.12. The number of hydrogen-bond donors (Lipinski definition) is 1. The molecule has 2 aromatic rings. The third kappa shape index (κ3) is 6.77. The van der Waals surface area contributed by atoms with E-state index >= 15 is 0 Å². The standard InChI is InChI=1S/C17H23FN4OS.HI/c1-12-16(24-13(2)21-12)11-20-17(19-3)22(4)9-10-23-15-7-5-14(18)6-8-15;/h5-8H,9-11H2,1-4H3,(H,19,20);1H. The Bertz CT molecular complexity index is 690. The maximum atomic E-state index is 12.9. The van der Waals surface area contributed by atoms with Crippen molar-refractivity contribution in [3.63, 3.8) is 0 Å². The molecular weight excluding hydrogens is 454 g/mol. The number of thiazole rings is 1. The van der Waals surface area contributed by atoms with E-state index in [1.807, 2.05) is 25.8 Å².